The minimum absolute atomic E-state index is 0.0754. The van der Waals surface area contributed by atoms with Crippen molar-refractivity contribution in [3.05, 3.63) is 59.7 Å². The van der Waals surface area contributed by atoms with Crippen LogP contribution in [0.3, 0.4) is 0 Å². The van der Waals surface area contributed by atoms with Crippen LogP contribution < -0.4 is 10.6 Å². The van der Waals surface area contributed by atoms with Crippen molar-refractivity contribution >= 4 is 27.5 Å². The Balaban J connectivity index is 2.26. The maximum Gasteiger partial charge on any atom is 0.264 e. The van der Waals surface area contributed by atoms with Crippen LogP contribution >= 0.6 is 0 Å². The van der Waals surface area contributed by atoms with Crippen LogP contribution in [-0.2, 0) is 14.9 Å². The van der Waals surface area contributed by atoms with Crippen molar-refractivity contribution in [3.8, 4) is 0 Å². The molecule has 138 valence electrons. The first-order valence-electron chi connectivity index (χ1n) is 7.56. The van der Waals surface area contributed by atoms with Crippen molar-refractivity contribution < 1.29 is 22.8 Å². The van der Waals surface area contributed by atoms with Gasteiger partial charge in [0.25, 0.3) is 21.8 Å². The van der Waals surface area contributed by atoms with Gasteiger partial charge >= 0.3 is 0 Å². The summed E-state index contributed by atoms with van der Waals surface area (Å²) in [4.78, 5) is 28.7. The smallest absolute Gasteiger partial charge is 0.264 e. The monoisotopic (exact) mass is 377 g/mol. The zero-order chi connectivity index (χ0) is 19.3. The summed E-state index contributed by atoms with van der Waals surface area (Å²) in [6.07, 6.45) is 0. The fourth-order valence-corrected chi connectivity index (χ4v) is 3.15. The first-order chi connectivity index (χ1) is 12.3. The van der Waals surface area contributed by atoms with E-state index < -0.39 is 15.9 Å². The highest BCUT2D eigenvalue weighted by Crippen LogP contribution is 2.18. The number of nitrogens with zero attached hydrogens (tertiary/aromatic N) is 1. The molecule has 0 aliphatic rings. The molecule has 26 heavy (non-hydrogen) atoms. The van der Waals surface area contributed by atoms with Gasteiger partial charge in [-0.1, -0.05) is 16.6 Å². The van der Waals surface area contributed by atoms with E-state index in [1.807, 2.05) is 0 Å². The number of anilines is 1. The second-order valence-corrected chi connectivity index (χ2v) is 7.17. The number of amides is 2. The molecular weight excluding hydrogens is 358 g/mol. The van der Waals surface area contributed by atoms with E-state index >= 15 is 0 Å². The van der Waals surface area contributed by atoms with Crippen LogP contribution in [0, 0.1) is 0 Å². The standard InChI is InChI=1S/C17H19N3O5S/c1-18-16(21)12-6-4-8-14(10-12)19-17(22)13-7-5-9-15(11-13)26(23,24)20(2)25-3/h4-11H,1-3H3,(H,18,21)(H,19,22). The van der Waals surface area contributed by atoms with Gasteiger partial charge in [-0.05, 0) is 36.4 Å². The molecule has 0 radical (unpaired) electrons. The Morgan fingerprint density at radius 3 is 2.23 bits per heavy atom. The molecule has 0 spiro atoms. The van der Waals surface area contributed by atoms with Gasteiger partial charge in [0.05, 0.1) is 12.0 Å². The minimum atomic E-state index is -3.86. The van der Waals surface area contributed by atoms with Crippen molar-refractivity contribution in [2.75, 3.05) is 26.5 Å². The van der Waals surface area contributed by atoms with E-state index in [1.54, 1.807) is 18.2 Å². The van der Waals surface area contributed by atoms with Crippen LogP contribution in [0.5, 0.6) is 0 Å². The molecule has 0 saturated heterocycles. The van der Waals surface area contributed by atoms with Crippen LogP contribution in [0.4, 0.5) is 5.69 Å². The summed E-state index contributed by atoms with van der Waals surface area (Å²) in [6, 6.07) is 12.0. The average Bonchev–Trinajstić information content (AvgIpc) is 2.66. The van der Waals surface area contributed by atoms with Gasteiger partial charge in [0.2, 0.25) is 0 Å². The predicted octanol–water partition coefficient (Wildman–Crippen LogP) is 1.48. The molecule has 0 aromatic heterocycles. The van der Waals surface area contributed by atoms with Gasteiger partial charge in [0, 0.05) is 30.9 Å². The largest absolute Gasteiger partial charge is 0.355 e. The van der Waals surface area contributed by atoms with Crippen LogP contribution in [0.1, 0.15) is 20.7 Å². The van der Waals surface area contributed by atoms with Gasteiger partial charge in [0.1, 0.15) is 0 Å². The molecule has 2 amide bonds. The number of hydroxylamine groups is 1. The maximum atomic E-state index is 12.4. The molecule has 0 saturated carbocycles. The lowest BCUT2D eigenvalue weighted by atomic mass is 10.1. The van der Waals surface area contributed by atoms with E-state index in [2.05, 4.69) is 10.6 Å². The van der Waals surface area contributed by atoms with E-state index in [0.29, 0.717) is 15.7 Å². The zero-order valence-electron chi connectivity index (χ0n) is 14.5. The molecule has 0 unspecified atom stereocenters. The van der Waals surface area contributed by atoms with Crippen LogP contribution in [0.2, 0.25) is 0 Å². The molecule has 0 fully saturated rings. The number of sulfonamides is 1. The summed E-state index contributed by atoms with van der Waals surface area (Å²) < 4.78 is 25.3. The summed E-state index contributed by atoms with van der Waals surface area (Å²) in [5.74, 6) is -0.784. The zero-order valence-corrected chi connectivity index (χ0v) is 15.3. The summed E-state index contributed by atoms with van der Waals surface area (Å²) >= 11 is 0. The normalized spacial score (nSPS) is 11.2. The van der Waals surface area contributed by atoms with E-state index in [-0.39, 0.29) is 16.4 Å². The number of rotatable bonds is 6. The number of nitrogens with one attached hydrogen (secondary N) is 2. The molecule has 2 aromatic rings. The Labute approximate surface area is 151 Å². The lowest BCUT2D eigenvalue weighted by molar-refractivity contribution is -0.0258. The fourth-order valence-electron chi connectivity index (χ4n) is 2.13. The molecule has 9 heteroatoms. The summed E-state index contributed by atoms with van der Waals surface area (Å²) in [5.41, 5.74) is 0.961. The Morgan fingerprint density at radius 2 is 1.62 bits per heavy atom. The first kappa shape index (κ1) is 19.6. The number of carbonyl (C=O) groups is 2. The van der Waals surface area contributed by atoms with Crippen molar-refractivity contribution in [1.29, 1.82) is 0 Å². The average molecular weight is 377 g/mol. The highest BCUT2D eigenvalue weighted by Gasteiger charge is 2.22. The van der Waals surface area contributed by atoms with Crippen LogP contribution in [0.25, 0.3) is 0 Å². The van der Waals surface area contributed by atoms with Gasteiger partial charge in [-0.3, -0.25) is 14.4 Å². The van der Waals surface area contributed by atoms with Crippen molar-refractivity contribution in [2.24, 2.45) is 0 Å². The summed E-state index contributed by atoms with van der Waals surface area (Å²) in [7, 11) is 0.135. The highest BCUT2D eigenvalue weighted by molar-refractivity contribution is 7.89. The Hall–Kier alpha value is -2.75. The van der Waals surface area contributed by atoms with E-state index in [9.17, 15) is 18.0 Å². The van der Waals surface area contributed by atoms with E-state index in [4.69, 9.17) is 4.84 Å². The van der Waals surface area contributed by atoms with Gasteiger partial charge in [-0.2, -0.15) is 0 Å². The fraction of sp³-hybridized carbons (Fsp3) is 0.176. The number of carbonyl (C=O) groups excluding carboxylic acids is 2. The Bertz CT molecular complexity index is 928. The molecule has 2 rings (SSSR count). The number of benzene rings is 2. The third-order valence-corrected chi connectivity index (χ3v) is 5.28. The molecule has 8 nitrogen and oxygen atoms in total. The first-order valence-corrected chi connectivity index (χ1v) is 9.00. The Kier molecular flexibility index (Phi) is 6.09. The summed E-state index contributed by atoms with van der Waals surface area (Å²) in [6.45, 7) is 0. The third kappa shape index (κ3) is 4.26. The van der Waals surface area contributed by atoms with Crippen LogP contribution in [-0.4, -0.2) is 45.9 Å². The third-order valence-electron chi connectivity index (χ3n) is 3.60. The number of hydrogen-bond donors (Lipinski definition) is 2. The quantitative estimate of drug-likeness (QED) is 0.742. The van der Waals surface area contributed by atoms with Gasteiger partial charge < -0.3 is 10.6 Å². The molecule has 0 aliphatic carbocycles. The minimum Gasteiger partial charge on any atom is -0.355 e. The van der Waals surface area contributed by atoms with E-state index in [1.165, 1.54) is 51.5 Å². The van der Waals surface area contributed by atoms with Crippen molar-refractivity contribution in [2.45, 2.75) is 4.90 Å². The lowest BCUT2D eigenvalue weighted by Gasteiger charge is -2.14. The molecule has 2 aromatic carbocycles. The van der Waals surface area contributed by atoms with Crippen molar-refractivity contribution in [1.82, 2.24) is 9.79 Å². The lowest BCUT2D eigenvalue weighted by Crippen LogP contribution is -2.26. The number of hydrogen-bond acceptors (Lipinski definition) is 5. The molecule has 0 heterocycles. The maximum absolute atomic E-state index is 12.4. The second kappa shape index (κ2) is 8.09. The SMILES string of the molecule is CNC(=O)c1cccc(NC(=O)c2cccc(S(=O)(=O)N(C)OC)c2)c1. The molecule has 0 atom stereocenters. The predicted molar refractivity (Wildman–Crippen MR) is 96.2 cm³/mol. The van der Waals surface area contributed by atoms with Crippen molar-refractivity contribution in [3.63, 3.8) is 0 Å². The second-order valence-electron chi connectivity index (χ2n) is 5.24. The van der Waals surface area contributed by atoms with E-state index in [0.717, 1.165) is 0 Å². The molecule has 0 bridgehead atoms. The molecule has 0 aliphatic heterocycles. The highest BCUT2D eigenvalue weighted by atomic mass is 32.2. The van der Waals surface area contributed by atoms with Gasteiger partial charge in [-0.25, -0.2) is 8.42 Å². The van der Waals surface area contributed by atoms with Gasteiger partial charge in [0.15, 0.2) is 0 Å². The summed E-state index contributed by atoms with van der Waals surface area (Å²) in [5, 5.41) is 5.14. The van der Waals surface area contributed by atoms with Gasteiger partial charge in [-0.15, -0.1) is 0 Å². The Morgan fingerprint density at radius 1 is 1.00 bits per heavy atom. The molecule has 2 N–H and O–H groups in total. The van der Waals surface area contributed by atoms with Crippen LogP contribution in [0.15, 0.2) is 53.4 Å². The topological polar surface area (TPSA) is 105 Å². The molecular formula is C17H19N3O5S.